The van der Waals surface area contributed by atoms with Gasteiger partial charge in [0, 0.05) is 30.5 Å². The molecule has 0 atom stereocenters. The van der Waals surface area contributed by atoms with Crippen molar-refractivity contribution in [2.24, 2.45) is 10.2 Å². The Morgan fingerprint density at radius 2 is 1.10 bits per heavy atom. The minimum atomic E-state index is -2.77. The van der Waals surface area contributed by atoms with Crippen molar-refractivity contribution in [2.45, 2.75) is 0 Å². The molecule has 3 aromatic carbocycles. The first-order valence-electron chi connectivity index (χ1n) is 12.7. The summed E-state index contributed by atoms with van der Waals surface area (Å²) in [7, 11) is 3.56. The molecule has 40 heavy (non-hydrogen) atoms. The van der Waals surface area contributed by atoms with E-state index >= 15 is 0 Å². The van der Waals surface area contributed by atoms with E-state index in [2.05, 4.69) is 10.2 Å². The van der Waals surface area contributed by atoms with Crippen molar-refractivity contribution in [1.82, 2.24) is 9.56 Å². The number of hydrogen-bond acceptors (Lipinski definition) is 9. The van der Waals surface area contributed by atoms with E-state index in [1.54, 1.807) is 72.5 Å². The monoisotopic (exact) mass is 584 g/mol. The van der Waals surface area contributed by atoms with E-state index in [9.17, 15) is 10.2 Å². The second-order valence-electron chi connectivity index (χ2n) is 8.66. The van der Waals surface area contributed by atoms with Crippen LogP contribution in [0.4, 0.5) is 0 Å². The fraction of sp³-hybridized carbons (Fsp3) is 0.286. The lowest BCUT2D eigenvalue weighted by Gasteiger charge is -2.35. The Morgan fingerprint density at radius 1 is 0.650 bits per heavy atom. The maximum Gasteiger partial charge on any atom is 0.183 e. The van der Waals surface area contributed by atoms with Gasteiger partial charge in [0.25, 0.3) is 0 Å². The SMILES string of the molecule is CN1/N=C\c2cccc(c2O)OCCOCCOCCOc2cccc(c2O)/C=N\N(C)P1(=S)c1ccccc1. The Bertz CT molecular complexity index is 1290. The average molecular weight is 585 g/mol. The molecule has 0 saturated carbocycles. The quantitative estimate of drug-likeness (QED) is 0.414. The zero-order chi connectivity index (χ0) is 28.4. The molecule has 4 rings (SSSR count). The molecular formula is C28H33N4O6PS. The molecule has 0 spiro atoms. The molecule has 12 heteroatoms. The Morgan fingerprint density at radius 3 is 1.57 bits per heavy atom. The van der Waals surface area contributed by atoms with Crippen LogP contribution < -0.4 is 14.8 Å². The van der Waals surface area contributed by atoms with Crippen molar-refractivity contribution < 1.29 is 29.2 Å². The van der Waals surface area contributed by atoms with Gasteiger partial charge in [0.2, 0.25) is 0 Å². The fourth-order valence-corrected chi connectivity index (χ4v) is 6.44. The Labute approximate surface area is 239 Å². The number of ether oxygens (including phenoxy) is 4. The average Bonchev–Trinajstić information content (AvgIpc) is 2.97. The zero-order valence-electron chi connectivity index (χ0n) is 22.4. The summed E-state index contributed by atoms with van der Waals surface area (Å²) in [5.74, 6) is 0.591. The molecule has 2 N–H and O–H groups in total. The van der Waals surface area contributed by atoms with Gasteiger partial charge in [0.05, 0.1) is 38.9 Å². The number of nitrogens with zero attached hydrogens (tertiary/aromatic N) is 4. The number of phenolic OH excluding ortho intramolecular Hbond substituents is 2. The Balaban J connectivity index is 1.69. The lowest BCUT2D eigenvalue weighted by atomic mass is 10.2. The molecule has 0 aliphatic carbocycles. The van der Waals surface area contributed by atoms with E-state index in [4.69, 9.17) is 30.8 Å². The van der Waals surface area contributed by atoms with Crippen molar-refractivity contribution in [3.8, 4) is 23.0 Å². The van der Waals surface area contributed by atoms with Crippen LogP contribution in [-0.2, 0) is 21.3 Å². The molecule has 10 nitrogen and oxygen atoms in total. The molecule has 1 aliphatic rings. The highest BCUT2D eigenvalue weighted by molar-refractivity contribution is 8.15. The van der Waals surface area contributed by atoms with Crippen LogP contribution >= 0.6 is 6.34 Å². The van der Waals surface area contributed by atoms with E-state index in [1.165, 1.54) is 0 Å². The summed E-state index contributed by atoms with van der Waals surface area (Å²) in [6.07, 6.45) is 0.310. The molecule has 0 unspecified atom stereocenters. The summed E-state index contributed by atoms with van der Waals surface area (Å²) < 4.78 is 25.9. The molecule has 0 amide bonds. The number of aromatic hydroxyl groups is 2. The number of hydrogen-bond donors (Lipinski definition) is 2. The highest BCUT2D eigenvalue weighted by Gasteiger charge is 2.29. The predicted molar refractivity (Wildman–Crippen MR) is 160 cm³/mol. The van der Waals surface area contributed by atoms with Crippen molar-refractivity contribution in [1.29, 1.82) is 0 Å². The first kappa shape index (κ1) is 29.4. The summed E-state index contributed by atoms with van der Waals surface area (Å²) in [6, 6.07) is 20.0. The van der Waals surface area contributed by atoms with Gasteiger partial charge in [0.15, 0.2) is 29.3 Å². The van der Waals surface area contributed by atoms with Gasteiger partial charge in [-0.05, 0) is 36.1 Å². The van der Waals surface area contributed by atoms with Crippen LogP contribution in [0.5, 0.6) is 23.0 Å². The molecule has 0 saturated heterocycles. The van der Waals surface area contributed by atoms with E-state index < -0.39 is 6.34 Å². The van der Waals surface area contributed by atoms with Gasteiger partial charge in [-0.1, -0.05) is 42.5 Å². The molecule has 0 radical (unpaired) electrons. The van der Waals surface area contributed by atoms with Gasteiger partial charge in [-0.2, -0.15) is 10.2 Å². The third-order valence-electron chi connectivity index (χ3n) is 6.01. The summed E-state index contributed by atoms with van der Waals surface area (Å²) >= 11 is 6.24. The van der Waals surface area contributed by atoms with Crippen molar-refractivity contribution in [3.63, 3.8) is 0 Å². The van der Waals surface area contributed by atoms with Crippen molar-refractivity contribution >= 4 is 35.9 Å². The lowest BCUT2D eigenvalue weighted by molar-refractivity contribution is 0.0269. The first-order chi connectivity index (χ1) is 19.4. The van der Waals surface area contributed by atoms with E-state index in [0.29, 0.717) is 49.1 Å². The highest BCUT2D eigenvalue weighted by Crippen LogP contribution is 2.51. The number of hydrazone groups is 2. The van der Waals surface area contributed by atoms with Crippen LogP contribution in [0.1, 0.15) is 11.1 Å². The third-order valence-corrected chi connectivity index (χ3v) is 10.8. The van der Waals surface area contributed by atoms with Gasteiger partial charge in [-0.3, -0.25) is 0 Å². The molecule has 212 valence electrons. The minimum absolute atomic E-state index is 0.0314. The summed E-state index contributed by atoms with van der Waals surface area (Å²) in [6.45, 7) is 1.93. The van der Waals surface area contributed by atoms with Crippen LogP contribution in [0.2, 0.25) is 0 Å². The van der Waals surface area contributed by atoms with Gasteiger partial charge >= 0.3 is 0 Å². The highest BCUT2D eigenvalue weighted by atomic mass is 32.4. The summed E-state index contributed by atoms with van der Waals surface area (Å²) in [4.78, 5) is 0. The third kappa shape index (κ3) is 7.11. The Kier molecular flexibility index (Phi) is 10.4. The first-order valence-corrected chi connectivity index (χ1v) is 15.4. The largest absolute Gasteiger partial charge is 0.504 e. The van der Waals surface area contributed by atoms with E-state index in [-0.39, 0.29) is 24.7 Å². The lowest BCUT2D eigenvalue weighted by Crippen LogP contribution is -2.27. The second-order valence-corrected chi connectivity index (χ2v) is 12.9. The number of fused-ring (bicyclic) bond motifs is 4. The van der Waals surface area contributed by atoms with Gasteiger partial charge in [0.1, 0.15) is 13.2 Å². The molecule has 1 aliphatic heterocycles. The normalized spacial score (nSPS) is 18.6. The summed E-state index contributed by atoms with van der Waals surface area (Å²) in [5.41, 5.74) is 0.944. The van der Waals surface area contributed by atoms with E-state index in [0.717, 1.165) is 5.30 Å². The van der Waals surface area contributed by atoms with Crippen LogP contribution in [0.15, 0.2) is 76.9 Å². The van der Waals surface area contributed by atoms with Gasteiger partial charge < -0.3 is 29.2 Å². The van der Waals surface area contributed by atoms with Gasteiger partial charge in [-0.25, -0.2) is 9.56 Å². The maximum absolute atomic E-state index is 10.8. The van der Waals surface area contributed by atoms with Gasteiger partial charge in [-0.15, -0.1) is 0 Å². The number of para-hydroxylation sites is 2. The molecular weight excluding hydrogens is 551 g/mol. The Hall–Kier alpha value is -3.63. The molecule has 1 heterocycles. The molecule has 0 fully saturated rings. The zero-order valence-corrected chi connectivity index (χ0v) is 24.1. The smallest absolute Gasteiger partial charge is 0.183 e. The van der Waals surface area contributed by atoms with Crippen LogP contribution in [0.3, 0.4) is 0 Å². The summed E-state index contributed by atoms with van der Waals surface area (Å²) in [5, 5.41) is 31.7. The van der Waals surface area contributed by atoms with Crippen LogP contribution in [0.25, 0.3) is 0 Å². The number of rotatable bonds is 1. The number of benzene rings is 3. The second kappa shape index (κ2) is 14.1. The fourth-order valence-electron chi connectivity index (χ4n) is 3.84. The minimum Gasteiger partial charge on any atom is -0.504 e. The standard InChI is InChI=1S/C28H33N4O6PS/c1-31-29-20-22-8-6-12-25(27(22)33)37-18-16-35-14-15-36-17-19-38-26-13-7-9-23(28(26)34)21-30-32(2)39(31,40)24-10-4-3-5-11-24/h3-13,20-21,33-34H,14-19H2,1-2H3/b29-20-,30-21-. The van der Waals surface area contributed by atoms with Crippen LogP contribution in [0, 0.1) is 0 Å². The van der Waals surface area contributed by atoms with E-state index in [1.807, 2.05) is 30.3 Å². The maximum atomic E-state index is 10.8. The topological polar surface area (TPSA) is 109 Å². The van der Waals surface area contributed by atoms with Crippen LogP contribution in [-0.4, -0.2) is 85.9 Å². The molecule has 0 aromatic heterocycles. The van der Waals surface area contributed by atoms with Crippen molar-refractivity contribution in [2.75, 3.05) is 53.7 Å². The molecule has 4 bridgehead atoms. The van der Waals surface area contributed by atoms with Crippen molar-refractivity contribution in [3.05, 3.63) is 77.9 Å². The predicted octanol–water partition coefficient (Wildman–Crippen LogP) is 3.77. The molecule has 3 aromatic rings. The number of phenols is 2.